The van der Waals surface area contributed by atoms with Crippen molar-refractivity contribution in [3.8, 4) is 0 Å². The number of nitrogens with one attached hydrogen (secondary N) is 2. The maximum atomic E-state index is 6.24. The number of rotatable bonds is 6. The second-order valence-corrected chi connectivity index (χ2v) is 8.05. The van der Waals surface area contributed by atoms with Gasteiger partial charge in [-0.05, 0) is 31.5 Å². The van der Waals surface area contributed by atoms with Crippen LogP contribution in [0.3, 0.4) is 0 Å². The van der Waals surface area contributed by atoms with Gasteiger partial charge in [0.25, 0.3) is 0 Å². The van der Waals surface area contributed by atoms with Crippen molar-refractivity contribution in [3.63, 3.8) is 0 Å². The number of aromatic nitrogens is 1. The van der Waals surface area contributed by atoms with Crippen LogP contribution in [0.4, 0.5) is 5.13 Å². The Morgan fingerprint density at radius 3 is 2.81 bits per heavy atom. The Bertz CT molecular complexity index is 614. The summed E-state index contributed by atoms with van der Waals surface area (Å²) in [5.41, 5.74) is 2.84. The van der Waals surface area contributed by atoms with E-state index in [0.717, 1.165) is 62.5 Å². The van der Waals surface area contributed by atoms with E-state index in [1.165, 1.54) is 19.3 Å². The molecule has 0 atom stereocenters. The molecule has 0 amide bonds. The number of ether oxygens (including phenoxy) is 1. The molecule has 0 spiro atoms. The summed E-state index contributed by atoms with van der Waals surface area (Å²) < 4.78 is 5.34. The van der Waals surface area contributed by atoms with Crippen molar-refractivity contribution in [3.05, 3.63) is 10.0 Å². The molecule has 0 radical (unpaired) electrons. The lowest BCUT2D eigenvalue weighted by molar-refractivity contribution is 0.0389. The second-order valence-electron chi connectivity index (χ2n) is 6.28. The van der Waals surface area contributed by atoms with Crippen LogP contribution in [0.25, 0.3) is 0 Å². The lowest BCUT2D eigenvalue weighted by atomic mass is 10.1. The third-order valence-electron chi connectivity index (χ3n) is 4.39. The molecule has 1 aromatic heterocycles. The molecule has 1 aromatic rings. The van der Waals surface area contributed by atoms with Crippen LogP contribution in [0.2, 0.25) is 5.15 Å². The van der Waals surface area contributed by atoms with Gasteiger partial charge in [0.15, 0.2) is 15.4 Å². The highest BCUT2D eigenvalue weighted by molar-refractivity contribution is 7.80. The number of thiocarbonyl (C=S) groups is 1. The lowest BCUT2D eigenvalue weighted by Gasteiger charge is -2.26. The highest BCUT2D eigenvalue weighted by Gasteiger charge is 2.16. The first kappa shape index (κ1) is 19.8. The number of hydrogen-bond acceptors (Lipinski definition) is 7. The van der Waals surface area contributed by atoms with E-state index in [-0.39, 0.29) is 0 Å². The lowest BCUT2D eigenvalue weighted by Crippen LogP contribution is -2.42. The summed E-state index contributed by atoms with van der Waals surface area (Å²) in [5, 5.41) is 9.31. The van der Waals surface area contributed by atoms with Gasteiger partial charge in [-0.25, -0.2) is 4.98 Å². The number of hydrogen-bond donors (Lipinski definition) is 2. The molecule has 0 bridgehead atoms. The number of halogens is 1. The van der Waals surface area contributed by atoms with Crippen LogP contribution in [-0.4, -0.2) is 73.7 Å². The fourth-order valence-electron chi connectivity index (χ4n) is 2.94. The van der Waals surface area contributed by atoms with E-state index in [1.807, 2.05) is 0 Å². The zero-order valence-electron chi connectivity index (χ0n) is 14.7. The molecule has 0 aromatic carbocycles. The van der Waals surface area contributed by atoms with Gasteiger partial charge in [-0.15, -0.1) is 0 Å². The highest BCUT2D eigenvalue weighted by atomic mass is 35.5. The van der Waals surface area contributed by atoms with E-state index >= 15 is 0 Å². The standard InChI is InChI=1S/C16H25ClN6OS2/c17-14-13(26-16(20-14)23-5-2-1-3-6-23)12-19-21-15(25)18-4-7-22-8-10-24-11-9-22/h12H,1-11H2,(H2,18,21,25)/b19-12-. The molecule has 0 saturated carbocycles. The molecule has 144 valence electrons. The Labute approximate surface area is 168 Å². The second kappa shape index (κ2) is 10.4. The van der Waals surface area contributed by atoms with Crippen molar-refractivity contribution in [1.29, 1.82) is 0 Å². The minimum atomic E-state index is 0.493. The van der Waals surface area contributed by atoms with Gasteiger partial charge in [0, 0.05) is 39.3 Å². The van der Waals surface area contributed by atoms with E-state index in [2.05, 4.69) is 30.6 Å². The first-order valence-corrected chi connectivity index (χ1v) is 10.6. The Hall–Kier alpha value is -1.00. The molecule has 7 nitrogen and oxygen atoms in total. The van der Waals surface area contributed by atoms with Gasteiger partial charge in [0.1, 0.15) is 0 Å². The van der Waals surface area contributed by atoms with Crippen LogP contribution < -0.4 is 15.6 Å². The van der Waals surface area contributed by atoms with Gasteiger partial charge in [-0.3, -0.25) is 10.3 Å². The van der Waals surface area contributed by atoms with Gasteiger partial charge >= 0.3 is 0 Å². The molecule has 2 aliphatic heterocycles. The molecule has 3 rings (SSSR count). The summed E-state index contributed by atoms with van der Waals surface area (Å²) in [4.78, 5) is 9.95. The maximum absolute atomic E-state index is 6.24. The van der Waals surface area contributed by atoms with Crippen molar-refractivity contribution < 1.29 is 4.74 Å². The Kier molecular flexibility index (Phi) is 7.87. The first-order chi connectivity index (χ1) is 12.7. The van der Waals surface area contributed by atoms with Crippen LogP contribution in [0, 0.1) is 0 Å². The SMILES string of the molecule is S=C(NCCN1CCOCC1)N/N=C\c1sc(N2CCCCC2)nc1Cl. The molecule has 10 heteroatoms. The van der Waals surface area contributed by atoms with Gasteiger partial charge in [-0.2, -0.15) is 5.10 Å². The molecular weight excluding hydrogens is 392 g/mol. The Morgan fingerprint density at radius 1 is 1.27 bits per heavy atom. The molecular formula is C16H25ClN6OS2. The maximum Gasteiger partial charge on any atom is 0.187 e. The van der Waals surface area contributed by atoms with Gasteiger partial charge in [-0.1, -0.05) is 22.9 Å². The van der Waals surface area contributed by atoms with Gasteiger partial charge in [0.05, 0.1) is 24.3 Å². The average Bonchev–Trinajstić information content (AvgIpc) is 3.04. The van der Waals surface area contributed by atoms with Crippen molar-refractivity contribution >= 4 is 51.6 Å². The third kappa shape index (κ3) is 6.02. The van der Waals surface area contributed by atoms with Crippen molar-refractivity contribution in [2.45, 2.75) is 19.3 Å². The smallest absolute Gasteiger partial charge is 0.187 e. The molecule has 2 saturated heterocycles. The fraction of sp³-hybridized carbons (Fsp3) is 0.688. The van der Waals surface area contributed by atoms with E-state index in [4.69, 9.17) is 28.6 Å². The summed E-state index contributed by atoms with van der Waals surface area (Å²) in [6.07, 6.45) is 5.41. The van der Waals surface area contributed by atoms with Gasteiger partial charge < -0.3 is 15.0 Å². The number of anilines is 1. The quantitative estimate of drug-likeness (QED) is 0.417. The zero-order valence-corrected chi connectivity index (χ0v) is 17.1. The Balaban J connectivity index is 1.40. The van der Waals surface area contributed by atoms with E-state index in [0.29, 0.717) is 10.3 Å². The van der Waals surface area contributed by atoms with Crippen molar-refractivity contribution in [2.75, 3.05) is 57.4 Å². The van der Waals surface area contributed by atoms with E-state index in [9.17, 15) is 0 Å². The molecule has 3 heterocycles. The zero-order chi connectivity index (χ0) is 18.2. The van der Waals surface area contributed by atoms with Crippen LogP contribution in [-0.2, 0) is 4.74 Å². The Morgan fingerprint density at radius 2 is 2.04 bits per heavy atom. The third-order valence-corrected chi connectivity index (χ3v) is 6.08. The van der Waals surface area contributed by atoms with Crippen molar-refractivity contribution in [1.82, 2.24) is 20.6 Å². The summed E-state index contributed by atoms with van der Waals surface area (Å²) in [5.74, 6) is 0. The van der Waals surface area contributed by atoms with E-state index in [1.54, 1.807) is 17.6 Å². The van der Waals surface area contributed by atoms with Crippen LogP contribution in [0.15, 0.2) is 5.10 Å². The largest absolute Gasteiger partial charge is 0.379 e. The molecule has 2 N–H and O–H groups in total. The molecule has 2 aliphatic rings. The summed E-state index contributed by atoms with van der Waals surface area (Å²) >= 11 is 13.0. The molecule has 0 aliphatic carbocycles. The summed E-state index contributed by atoms with van der Waals surface area (Å²) in [6, 6.07) is 0. The molecule has 0 unspecified atom stereocenters. The normalized spacial score (nSPS) is 19.0. The number of piperidine rings is 1. The predicted molar refractivity (Wildman–Crippen MR) is 112 cm³/mol. The first-order valence-electron chi connectivity index (χ1n) is 9.00. The number of morpholine rings is 1. The summed E-state index contributed by atoms with van der Waals surface area (Å²) in [6.45, 7) is 7.39. The van der Waals surface area contributed by atoms with Crippen LogP contribution in [0.1, 0.15) is 24.1 Å². The predicted octanol–water partition coefficient (Wildman–Crippen LogP) is 1.92. The monoisotopic (exact) mass is 416 g/mol. The highest BCUT2D eigenvalue weighted by Crippen LogP contribution is 2.30. The fourth-order valence-corrected chi connectivity index (χ4v) is 4.27. The van der Waals surface area contributed by atoms with Crippen LogP contribution >= 0.6 is 35.2 Å². The topological polar surface area (TPSA) is 65.0 Å². The van der Waals surface area contributed by atoms with E-state index < -0.39 is 0 Å². The molecule has 26 heavy (non-hydrogen) atoms. The number of thiazole rings is 1. The van der Waals surface area contributed by atoms with Gasteiger partial charge in [0.2, 0.25) is 0 Å². The number of hydrazone groups is 1. The van der Waals surface area contributed by atoms with Crippen LogP contribution in [0.5, 0.6) is 0 Å². The molecule has 2 fully saturated rings. The minimum Gasteiger partial charge on any atom is -0.379 e. The average molecular weight is 417 g/mol. The number of nitrogens with zero attached hydrogens (tertiary/aromatic N) is 4. The summed E-state index contributed by atoms with van der Waals surface area (Å²) in [7, 11) is 0. The minimum absolute atomic E-state index is 0.493. The van der Waals surface area contributed by atoms with Crippen molar-refractivity contribution in [2.24, 2.45) is 5.10 Å².